The van der Waals surface area contributed by atoms with Crippen LogP contribution in [0.2, 0.25) is 0 Å². The topological polar surface area (TPSA) is 72.5 Å². The van der Waals surface area contributed by atoms with E-state index in [0.29, 0.717) is 12.3 Å². The Morgan fingerprint density at radius 3 is 2.74 bits per heavy atom. The molecule has 1 rings (SSSR count). The van der Waals surface area contributed by atoms with Gasteiger partial charge < -0.3 is 15.6 Å². The lowest BCUT2D eigenvalue weighted by Crippen LogP contribution is -1.98. The number of nitrogen functional groups attached to an aromatic ring is 1. The smallest absolute Gasteiger partial charge is 0.330 e. The number of nitrogens with two attached hydrogens (primary N) is 1. The average molecular weight is 260 g/mol. The highest BCUT2D eigenvalue weighted by Gasteiger charge is 1.94. The highest BCUT2D eigenvalue weighted by molar-refractivity contribution is 5.82. The monoisotopic (exact) mass is 260 g/mol. The Hall–Kier alpha value is -2.49. The number of ether oxygens (including phenoxy) is 1. The predicted molar refractivity (Wildman–Crippen MR) is 76.5 cm³/mol. The third kappa shape index (κ3) is 5.59. The minimum Gasteiger partial charge on any atom is -0.506 e. The number of rotatable bonds is 5. The van der Waals surface area contributed by atoms with Crippen LogP contribution in [-0.4, -0.2) is 17.7 Å². The zero-order valence-corrected chi connectivity index (χ0v) is 10.7. The van der Waals surface area contributed by atoms with Gasteiger partial charge in [-0.05, 0) is 24.6 Å². The van der Waals surface area contributed by atoms with Crippen LogP contribution < -0.4 is 5.73 Å². The molecule has 19 heavy (non-hydrogen) atoms. The van der Waals surface area contributed by atoms with Gasteiger partial charge in [0.25, 0.3) is 0 Å². The summed E-state index contributed by atoms with van der Waals surface area (Å²) in [6, 6.07) is 4.97. The molecule has 0 spiro atoms. The lowest BCUT2D eigenvalue weighted by molar-refractivity contribution is -0.137. The summed E-state index contributed by atoms with van der Waals surface area (Å²) in [6.07, 6.45) is 10.1. The summed E-state index contributed by atoms with van der Waals surface area (Å²) >= 11 is 0. The minimum atomic E-state index is -0.359. The third-order valence-corrected chi connectivity index (χ3v) is 2.19. The standard InChI is InChI=1S/C15H17NO3/c1-2-19-15(18)8-6-4-3-5-7-12-9-10-14(17)13(16)11-12/h3-11,17H,2,16H2,1H3/b4-3+,7-5+,8-6+/i8+1. The molecule has 0 aliphatic carbocycles. The van der Waals surface area contributed by atoms with Crippen molar-refractivity contribution >= 4 is 17.7 Å². The van der Waals surface area contributed by atoms with E-state index >= 15 is 0 Å². The van der Waals surface area contributed by atoms with Crippen molar-refractivity contribution in [3.8, 4) is 5.75 Å². The van der Waals surface area contributed by atoms with Crippen LogP contribution >= 0.6 is 0 Å². The lowest BCUT2D eigenvalue weighted by Gasteiger charge is -1.98. The molecule has 1 aromatic carbocycles. The molecule has 0 saturated carbocycles. The van der Waals surface area contributed by atoms with Crippen molar-refractivity contribution in [2.45, 2.75) is 6.92 Å². The molecule has 0 amide bonds. The van der Waals surface area contributed by atoms with Crippen molar-refractivity contribution < 1.29 is 14.6 Å². The summed E-state index contributed by atoms with van der Waals surface area (Å²) in [5.41, 5.74) is 6.79. The normalized spacial score (nSPS) is 11.6. The van der Waals surface area contributed by atoms with Crippen LogP contribution in [0.25, 0.3) is 6.08 Å². The molecule has 0 unspecified atom stereocenters. The average Bonchev–Trinajstić information content (AvgIpc) is 2.38. The summed E-state index contributed by atoms with van der Waals surface area (Å²) in [5.74, 6) is -0.285. The number of phenols is 1. The maximum absolute atomic E-state index is 11.0. The number of hydrogen-bond acceptors (Lipinski definition) is 4. The van der Waals surface area contributed by atoms with Crippen LogP contribution in [-0.2, 0) is 9.53 Å². The summed E-state index contributed by atoms with van der Waals surface area (Å²) < 4.78 is 4.73. The van der Waals surface area contributed by atoms with Gasteiger partial charge in [0, 0.05) is 6.08 Å². The number of phenolic OH excluding ortho intramolecular Hbond substituents is 1. The molecule has 0 aliphatic heterocycles. The lowest BCUT2D eigenvalue weighted by atomic mass is 10.2. The summed E-state index contributed by atoms with van der Waals surface area (Å²) in [4.78, 5) is 11.0. The largest absolute Gasteiger partial charge is 0.506 e. The van der Waals surface area contributed by atoms with E-state index in [1.807, 2.05) is 6.08 Å². The number of carbonyl (C=O) groups is 1. The molecule has 4 nitrogen and oxygen atoms in total. The SMILES string of the molecule is CCOC(=O)/[13CH]=C/C=C/C=C/c1ccc(O)c(N)c1. The Bertz CT molecular complexity index is 516. The van der Waals surface area contributed by atoms with Crippen molar-refractivity contribution in [2.75, 3.05) is 12.3 Å². The molecule has 100 valence electrons. The minimum absolute atomic E-state index is 0.0741. The number of benzene rings is 1. The van der Waals surface area contributed by atoms with Crippen LogP contribution in [0.3, 0.4) is 0 Å². The highest BCUT2D eigenvalue weighted by Crippen LogP contribution is 2.20. The van der Waals surface area contributed by atoms with Crippen molar-refractivity contribution in [3.05, 3.63) is 54.1 Å². The molecule has 0 fully saturated rings. The van der Waals surface area contributed by atoms with Gasteiger partial charge in [-0.15, -0.1) is 0 Å². The van der Waals surface area contributed by atoms with E-state index in [-0.39, 0.29) is 11.7 Å². The molecular formula is C15H17NO3. The van der Waals surface area contributed by atoms with E-state index in [1.54, 1.807) is 49.4 Å². The zero-order chi connectivity index (χ0) is 14.1. The third-order valence-electron chi connectivity index (χ3n) is 2.19. The molecule has 3 N–H and O–H groups in total. The van der Waals surface area contributed by atoms with Gasteiger partial charge in [-0.25, -0.2) is 4.79 Å². The Morgan fingerprint density at radius 2 is 2.05 bits per heavy atom. The van der Waals surface area contributed by atoms with Crippen molar-refractivity contribution in [1.29, 1.82) is 0 Å². The van der Waals surface area contributed by atoms with Gasteiger partial charge >= 0.3 is 5.97 Å². The Morgan fingerprint density at radius 1 is 1.32 bits per heavy atom. The molecule has 1 aromatic rings. The molecule has 4 heteroatoms. The van der Waals surface area contributed by atoms with Crippen LogP contribution in [0, 0.1) is 0 Å². The van der Waals surface area contributed by atoms with E-state index in [1.165, 1.54) is 6.08 Å². The number of carbonyl (C=O) groups excluding carboxylic acids is 1. The van der Waals surface area contributed by atoms with Crippen molar-refractivity contribution in [2.24, 2.45) is 0 Å². The van der Waals surface area contributed by atoms with Crippen LogP contribution in [0.15, 0.2) is 48.6 Å². The van der Waals surface area contributed by atoms with Gasteiger partial charge in [-0.2, -0.15) is 0 Å². The van der Waals surface area contributed by atoms with E-state index < -0.39 is 0 Å². The molecule has 0 bridgehead atoms. The highest BCUT2D eigenvalue weighted by atomic mass is 16.5. The Balaban J connectivity index is 2.49. The zero-order valence-electron chi connectivity index (χ0n) is 10.7. The molecular weight excluding hydrogens is 243 g/mol. The second-order valence-electron chi connectivity index (χ2n) is 3.67. The van der Waals surface area contributed by atoms with E-state index in [4.69, 9.17) is 10.5 Å². The second-order valence-corrected chi connectivity index (χ2v) is 3.67. The molecule has 0 heterocycles. The fourth-order valence-electron chi connectivity index (χ4n) is 1.30. The number of anilines is 1. The van der Waals surface area contributed by atoms with Crippen LogP contribution in [0.4, 0.5) is 5.69 Å². The summed E-state index contributed by atoms with van der Waals surface area (Å²) in [7, 11) is 0. The van der Waals surface area contributed by atoms with Crippen LogP contribution in [0.5, 0.6) is 5.75 Å². The van der Waals surface area contributed by atoms with E-state index in [0.717, 1.165) is 5.56 Å². The number of allylic oxidation sites excluding steroid dienone is 4. The van der Waals surface area contributed by atoms with Gasteiger partial charge in [0.15, 0.2) is 0 Å². The quantitative estimate of drug-likeness (QED) is 0.213. The molecule has 0 atom stereocenters. The van der Waals surface area contributed by atoms with Crippen LogP contribution in [0.1, 0.15) is 12.5 Å². The first-order chi connectivity index (χ1) is 9.13. The first-order valence-corrected chi connectivity index (χ1v) is 5.90. The summed E-state index contributed by atoms with van der Waals surface area (Å²) in [6.45, 7) is 2.13. The van der Waals surface area contributed by atoms with Gasteiger partial charge in [-0.1, -0.05) is 36.4 Å². The van der Waals surface area contributed by atoms with Gasteiger partial charge in [0.05, 0.1) is 12.3 Å². The van der Waals surface area contributed by atoms with Crippen molar-refractivity contribution in [3.63, 3.8) is 0 Å². The number of hydrogen-bond donors (Lipinski definition) is 2. The first kappa shape index (κ1) is 14.6. The summed E-state index contributed by atoms with van der Waals surface area (Å²) in [5, 5.41) is 9.26. The molecule has 0 radical (unpaired) electrons. The van der Waals surface area contributed by atoms with Gasteiger partial charge in [0.1, 0.15) is 5.75 Å². The first-order valence-electron chi connectivity index (χ1n) is 5.90. The van der Waals surface area contributed by atoms with E-state index in [9.17, 15) is 9.90 Å². The predicted octanol–water partition coefficient (Wildman–Crippen LogP) is 2.66. The van der Waals surface area contributed by atoms with Crippen molar-refractivity contribution in [1.82, 2.24) is 0 Å². The number of aromatic hydroxyl groups is 1. The Kier molecular flexibility index (Phi) is 5.95. The molecule has 0 aliphatic rings. The molecule has 0 aromatic heterocycles. The fraction of sp³-hybridized carbons (Fsp3) is 0.133. The molecule has 0 saturated heterocycles. The fourth-order valence-corrected chi connectivity index (χ4v) is 1.30. The maximum atomic E-state index is 11.0. The van der Waals surface area contributed by atoms with Gasteiger partial charge in [-0.3, -0.25) is 0 Å². The Labute approximate surface area is 112 Å². The maximum Gasteiger partial charge on any atom is 0.330 e. The second kappa shape index (κ2) is 7.76. The number of esters is 1. The van der Waals surface area contributed by atoms with E-state index in [2.05, 4.69) is 0 Å². The van der Waals surface area contributed by atoms with Gasteiger partial charge in [0.2, 0.25) is 0 Å².